The van der Waals surface area contributed by atoms with Crippen LogP contribution in [0.5, 0.6) is 0 Å². The van der Waals surface area contributed by atoms with Crippen LogP contribution in [-0.4, -0.2) is 34.1 Å². The van der Waals surface area contributed by atoms with Crippen molar-refractivity contribution in [3.05, 3.63) is 71.1 Å². The van der Waals surface area contributed by atoms with Gasteiger partial charge < -0.3 is 15.3 Å². The van der Waals surface area contributed by atoms with Gasteiger partial charge >= 0.3 is 5.97 Å². The van der Waals surface area contributed by atoms with Gasteiger partial charge in [-0.1, -0.05) is 29.8 Å². The van der Waals surface area contributed by atoms with Crippen molar-refractivity contribution in [2.75, 3.05) is 23.3 Å². The maximum Gasteiger partial charge on any atom is 0.328 e. The lowest BCUT2D eigenvalue weighted by Crippen LogP contribution is -2.20. The molecule has 0 atom stereocenters. The van der Waals surface area contributed by atoms with E-state index < -0.39 is 11.8 Å². The predicted molar refractivity (Wildman–Crippen MR) is 120 cm³/mol. The highest BCUT2D eigenvalue weighted by Gasteiger charge is 2.20. The SMILES string of the molecule is O=C(O)/C=C/c1cccc(-c2cnc(Nc3ccc(F)c(Cl)c3)nc2N2CCCC2)c1. The lowest BCUT2D eigenvalue weighted by molar-refractivity contribution is -0.131. The molecule has 31 heavy (non-hydrogen) atoms. The van der Waals surface area contributed by atoms with Crippen molar-refractivity contribution in [3.8, 4) is 11.1 Å². The number of hydrogen-bond donors (Lipinski definition) is 2. The fourth-order valence-electron chi connectivity index (χ4n) is 3.49. The highest BCUT2D eigenvalue weighted by atomic mass is 35.5. The van der Waals surface area contributed by atoms with Crippen molar-refractivity contribution in [2.45, 2.75) is 12.8 Å². The van der Waals surface area contributed by atoms with Gasteiger partial charge in [-0.05, 0) is 54.3 Å². The van der Waals surface area contributed by atoms with Crippen LogP contribution >= 0.6 is 11.6 Å². The number of aliphatic carboxylic acids is 1. The summed E-state index contributed by atoms with van der Waals surface area (Å²) in [5, 5.41) is 12.0. The number of aromatic nitrogens is 2. The molecule has 0 saturated carbocycles. The predicted octanol–water partition coefficient (Wildman–Crippen LogP) is 5.38. The Morgan fingerprint density at radius 1 is 1.19 bits per heavy atom. The van der Waals surface area contributed by atoms with Crippen LogP contribution in [0.4, 0.5) is 21.8 Å². The highest BCUT2D eigenvalue weighted by molar-refractivity contribution is 6.31. The van der Waals surface area contributed by atoms with E-state index in [2.05, 4.69) is 15.2 Å². The summed E-state index contributed by atoms with van der Waals surface area (Å²) >= 11 is 5.87. The molecule has 0 bridgehead atoms. The van der Waals surface area contributed by atoms with E-state index in [4.69, 9.17) is 21.7 Å². The Bertz CT molecular complexity index is 1150. The average Bonchev–Trinajstić information content (AvgIpc) is 3.30. The van der Waals surface area contributed by atoms with Gasteiger partial charge in [0.1, 0.15) is 11.6 Å². The van der Waals surface area contributed by atoms with Crippen LogP contribution in [0.3, 0.4) is 0 Å². The van der Waals surface area contributed by atoms with Gasteiger partial charge in [0.2, 0.25) is 5.95 Å². The monoisotopic (exact) mass is 438 g/mol. The van der Waals surface area contributed by atoms with E-state index in [1.165, 1.54) is 12.1 Å². The summed E-state index contributed by atoms with van der Waals surface area (Å²) in [5.41, 5.74) is 3.11. The first-order chi connectivity index (χ1) is 15.0. The molecule has 4 rings (SSSR count). The third-order valence-corrected chi connectivity index (χ3v) is 5.26. The first kappa shape index (κ1) is 20.8. The second-order valence-electron chi connectivity index (χ2n) is 7.18. The lowest BCUT2D eigenvalue weighted by Gasteiger charge is -2.21. The Morgan fingerprint density at radius 3 is 2.74 bits per heavy atom. The number of halogens is 2. The van der Waals surface area contributed by atoms with Crippen LogP contribution < -0.4 is 10.2 Å². The number of hydrogen-bond acceptors (Lipinski definition) is 5. The van der Waals surface area contributed by atoms with E-state index in [-0.39, 0.29) is 5.02 Å². The summed E-state index contributed by atoms with van der Waals surface area (Å²) in [7, 11) is 0. The average molecular weight is 439 g/mol. The van der Waals surface area contributed by atoms with Crippen LogP contribution in [0, 0.1) is 5.82 Å². The first-order valence-corrected chi connectivity index (χ1v) is 10.2. The third-order valence-electron chi connectivity index (χ3n) is 4.97. The summed E-state index contributed by atoms with van der Waals surface area (Å²) in [6.07, 6.45) is 6.57. The summed E-state index contributed by atoms with van der Waals surface area (Å²) in [4.78, 5) is 22.2. The minimum atomic E-state index is -0.997. The van der Waals surface area contributed by atoms with E-state index >= 15 is 0 Å². The summed E-state index contributed by atoms with van der Waals surface area (Å²) in [6, 6.07) is 11.9. The van der Waals surface area contributed by atoms with Crippen molar-refractivity contribution in [2.24, 2.45) is 0 Å². The Kier molecular flexibility index (Phi) is 6.13. The highest BCUT2D eigenvalue weighted by Crippen LogP contribution is 2.33. The molecule has 2 heterocycles. The molecule has 0 spiro atoms. The Hall–Kier alpha value is -3.45. The Labute approximate surface area is 184 Å². The van der Waals surface area contributed by atoms with Crippen LogP contribution in [0.1, 0.15) is 18.4 Å². The molecule has 0 radical (unpaired) electrons. The zero-order valence-electron chi connectivity index (χ0n) is 16.6. The van der Waals surface area contributed by atoms with Gasteiger partial charge in [-0.2, -0.15) is 4.98 Å². The fourth-order valence-corrected chi connectivity index (χ4v) is 3.67. The molecule has 3 aromatic rings. The molecule has 0 amide bonds. The molecule has 0 aliphatic carbocycles. The van der Waals surface area contributed by atoms with Crippen LogP contribution in [0.2, 0.25) is 5.02 Å². The van der Waals surface area contributed by atoms with E-state index in [9.17, 15) is 9.18 Å². The number of carboxylic acid groups (broad SMARTS) is 1. The molecule has 1 aliphatic rings. The largest absolute Gasteiger partial charge is 0.478 e. The van der Waals surface area contributed by atoms with Crippen molar-refractivity contribution in [1.29, 1.82) is 0 Å². The second kappa shape index (κ2) is 9.14. The number of rotatable bonds is 6. The zero-order chi connectivity index (χ0) is 21.8. The van der Waals surface area contributed by atoms with Crippen LogP contribution in [0.25, 0.3) is 17.2 Å². The van der Waals surface area contributed by atoms with Crippen LogP contribution in [-0.2, 0) is 4.79 Å². The summed E-state index contributed by atoms with van der Waals surface area (Å²) in [6.45, 7) is 1.79. The number of benzene rings is 2. The van der Waals surface area contributed by atoms with Crippen molar-refractivity contribution < 1.29 is 14.3 Å². The molecule has 158 valence electrons. The molecule has 1 aromatic heterocycles. The topological polar surface area (TPSA) is 78.3 Å². The molecule has 6 nitrogen and oxygen atoms in total. The second-order valence-corrected chi connectivity index (χ2v) is 7.58. The Morgan fingerprint density at radius 2 is 2.00 bits per heavy atom. The molecule has 1 aliphatic heterocycles. The van der Waals surface area contributed by atoms with Gasteiger partial charge in [0.05, 0.1) is 5.02 Å². The normalized spacial score (nSPS) is 13.7. The lowest BCUT2D eigenvalue weighted by atomic mass is 10.0. The number of carboxylic acids is 1. The third kappa shape index (κ3) is 5.00. The van der Waals surface area contributed by atoms with Gasteiger partial charge in [-0.15, -0.1) is 0 Å². The van der Waals surface area contributed by atoms with Crippen molar-refractivity contribution in [3.63, 3.8) is 0 Å². The number of nitrogens with zero attached hydrogens (tertiary/aromatic N) is 3. The van der Waals surface area contributed by atoms with Crippen molar-refractivity contribution >= 4 is 41.1 Å². The molecular weight excluding hydrogens is 419 g/mol. The minimum absolute atomic E-state index is 0.0209. The minimum Gasteiger partial charge on any atom is -0.478 e. The van der Waals surface area contributed by atoms with E-state index in [1.807, 2.05) is 24.3 Å². The van der Waals surface area contributed by atoms with Crippen LogP contribution in [0.15, 0.2) is 54.7 Å². The molecular formula is C23H20ClFN4O2. The van der Waals surface area contributed by atoms with E-state index in [0.717, 1.165) is 54.5 Å². The van der Waals surface area contributed by atoms with Gasteiger partial charge in [0.15, 0.2) is 0 Å². The van der Waals surface area contributed by atoms with Gasteiger partial charge in [-0.3, -0.25) is 0 Å². The summed E-state index contributed by atoms with van der Waals surface area (Å²) in [5.74, 6) is -0.307. The molecule has 0 unspecified atom stereocenters. The maximum absolute atomic E-state index is 13.4. The smallest absolute Gasteiger partial charge is 0.328 e. The van der Waals surface area contributed by atoms with Gasteiger partial charge in [0, 0.05) is 36.6 Å². The number of anilines is 3. The molecule has 2 N–H and O–H groups in total. The summed E-state index contributed by atoms with van der Waals surface area (Å²) < 4.78 is 13.4. The quantitative estimate of drug-likeness (QED) is 0.503. The molecule has 8 heteroatoms. The van der Waals surface area contributed by atoms with E-state index in [0.29, 0.717) is 11.6 Å². The standard InChI is InChI=1S/C23H20ClFN4O2/c24-19-13-17(7-8-20(19)25)27-23-26-14-18(22(28-23)29-10-1-2-11-29)16-5-3-4-15(12-16)6-9-21(30)31/h3-9,12-14H,1-2,10-11H2,(H,30,31)(H,26,27,28)/b9-6+. The molecule has 2 aromatic carbocycles. The van der Waals surface area contributed by atoms with Gasteiger partial charge in [-0.25, -0.2) is 14.2 Å². The molecule has 1 saturated heterocycles. The van der Waals surface area contributed by atoms with Gasteiger partial charge in [0.25, 0.3) is 0 Å². The van der Waals surface area contributed by atoms with Crippen molar-refractivity contribution in [1.82, 2.24) is 9.97 Å². The zero-order valence-corrected chi connectivity index (χ0v) is 17.3. The number of carbonyl (C=O) groups is 1. The first-order valence-electron chi connectivity index (χ1n) is 9.85. The van der Waals surface area contributed by atoms with E-state index in [1.54, 1.807) is 18.3 Å². The Balaban J connectivity index is 1.70. The fraction of sp³-hybridized carbons (Fsp3) is 0.174. The molecule has 1 fully saturated rings. The maximum atomic E-state index is 13.4. The number of nitrogens with one attached hydrogen (secondary N) is 1.